The molecule has 31 heavy (non-hydrogen) atoms. The van der Waals surface area contributed by atoms with Crippen molar-refractivity contribution in [2.45, 2.75) is 19.4 Å². The number of benzene rings is 2. The number of likely N-dealkylation sites (tertiary alicyclic amines) is 1. The molecule has 5 rings (SSSR count). The first kappa shape index (κ1) is 19.5. The molecular weight excluding hydrogens is 390 g/mol. The second-order valence-electron chi connectivity index (χ2n) is 8.18. The number of rotatable bonds is 5. The second kappa shape index (κ2) is 8.00. The second-order valence-corrected chi connectivity index (χ2v) is 8.18. The standard InChI is InChI=1S/C24H25N5O2/c1-16-13-28(14-17-8-4-3-5-9-17)15-19(16)22-26-23-18(24(30)27-22)12-25-29(23)20-10-6-7-11-21(20)31-2/h3-12,16,19H,13-15H2,1-2H3,(H,26,27,30)/t16-,19-/m1/s1. The number of fused-ring (bicyclic) bond motifs is 1. The Balaban J connectivity index is 1.50. The van der Waals surface area contributed by atoms with Crippen LogP contribution in [0, 0.1) is 5.92 Å². The lowest BCUT2D eigenvalue weighted by atomic mass is 9.97. The third-order valence-corrected chi connectivity index (χ3v) is 6.06. The van der Waals surface area contributed by atoms with E-state index in [2.05, 4.69) is 46.2 Å². The summed E-state index contributed by atoms with van der Waals surface area (Å²) in [4.78, 5) is 23.2. The highest BCUT2D eigenvalue weighted by Crippen LogP contribution is 2.32. The Bertz CT molecular complexity index is 1260. The van der Waals surface area contributed by atoms with Gasteiger partial charge in [0.2, 0.25) is 0 Å². The minimum atomic E-state index is -0.158. The maximum absolute atomic E-state index is 12.8. The Morgan fingerprint density at radius 1 is 1.10 bits per heavy atom. The van der Waals surface area contributed by atoms with Crippen LogP contribution in [0.5, 0.6) is 5.75 Å². The van der Waals surface area contributed by atoms with E-state index in [-0.39, 0.29) is 11.5 Å². The van der Waals surface area contributed by atoms with E-state index in [9.17, 15) is 4.79 Å². The average molecular weight is 415 g/mol. The summed E-state index contributed by atoms with van der Waals surface area (Å²) in [6.45, 7) is 4.94. The van der Waals surface area contributed by atoms with Crippen molar-refractivity contribution in [2.75, 3.05) is 20.2 Å². The maximum atomic E-state index is 12.8. The minimum absolute atomic E-state index is 0.154. The maximum Gasteiger partial charge on any atom is 0.262 e. The molecule has 1 aliphatic rings. The van der Waals surface area contributed by atoms with E-state index in [1.807, 2.05) is 30.3 Å². The highest BCUT2D eigenvalue weighted by molar-refractivity contribution is 5.76. The lowest BCUT2D eigenvalue weighted by Gasteiger charge is -2.16. The van der Waals surface area contributed by atoms with E-state index in [0.717, 1.165) is 31.1 Å². The fourth-order valence-electron chi connectivity index (χ4n) is 4.49. The first-order valence-electron chi connectivity index (χ1n) is 10.5. The largest absolute Gasteiger partial charge is 0.494 e. The molecule has 0 radical (unpaired) electrons. The van der Waals surface area contributed by atoms with Gasteiger partial charge in [0.1, 0.15) is 22.6 Å². The number of aromatic amines is 1. The summed E-state index contributed by atoms with van der Waals surface area (Å²) in [5.41, 5.74) is 2.45. The molecule has 0 saturated carbocycles. The minimum Gasteiger partial charge on any atom is -0.494 e. The van der Waals surface area contributed by atoms with Crippen LogP contribution in [0.3, 0.4) is 0 Å². The lowest BCUT2D eigenvalue weighted by Crippen LogP contribution is -2.21. The number of hydrogen-bond acceptors (Lipinski definition) is 5. The lowest BCUT2D eigenvalue weighted by molar-refractivity contribution is 0.318. The van der Waals surface area contributed by atoms with Crippen molar-refractivity contribution < 1.29 is 4.74 Å². The highest BCUT2D eigenvalue weighted by Gasteiger charge is 2.33. The topological polar surface area (TPSA) is 76.0 Å². The number of para-hydroxylation sites is 2. The molecule has 0 amide bonds. The van der Waals surface area contributed by atoms with Crippen LogP contribution in [0.2, 0.25) is 0 Å². The summed E-state index contributed by atoms with van der Waals surface area (Å²) >= 11 is 0. The first-order chi connectivity index (χ1) is 15.1. The zero-order chi connectivity index (χ0) is 21.4. The fraction of sp³-hybridized carbons (Fsp3) is 0.292. The van der Waals surface area contributed by atoms with Crippen molar-refractivity contribution in [3.63, 3.8) is 0 Å². The van der Waals surface area contributed by atoms with Crippen molar-refractivity contribution in [1.82, 2.24) is 24.6 Å². The van der Waals surface area contributed by atoms with Crippen LogP contribution in [0.4, 0.5) is 0 Å². The molecule has 4 aromatic rings. The number of H-pyrrole nitrogens is 1. The molecule has 0 aliphatic carbocycles. The smallest absolute Gasteiger partial charge is 0.262 e. The van der Waals surface area contributed by atoms with Gasteiger partial charge in [-0.05, 0) is 23.6 Å². The molecule has 1 fully saturated rings. The van der Waals surface area contributed by atoms with Gasteiger partial charge in [0.15, 0.2) is 5.65 Å². The number of hydrogen-bond donors (Lipinski definition) is 1. The zero-order valence-corrected chi connectivity index (χ0v) is 17.7. The van der Waals surface area contributed by atoms with E-state index in [1.54, 1.807) is 18.0 Å². The summed E-state index contributed by atoms with van der Waals surface area (Å²) in [5.74, 6) is 1.94. The molecule has 2 aromatic carbocycles. The van der Waals surface area contributed by atoms with Gasteiger partial charge in [-0.15, -0.1) is 0 Å². The molecule has 7 nitrogen and oxygen atoms in total. The molecule has 1 N–H and O–H groups in total. The summed E-state index contributed by atoms with van der Waals surface area (Å²) in [6.07, 6.45) is 1.57. The molecule has 1 aliphatic heterocycles. The molecule has 0 bridgehead atoms. The predicted molar refractivity (Wildman–Crippen MR) is 120 cm³/mol. The van der Waals surface area contributed by atoms with Gasteiger partial charge < -0.3 is 9.72 Å². The van der Waals surface area contributed by atoms with E-state index in [0.29, 0.717) is 22.7 Å². The van der Waals surface area contributed by atoms with Gasteiger partial charge in [0.05, 0.1) is 13.3 Å². The molecule has 2 atom stereocenters. The zero-order valence-electron chi connectivity index (χ0n) is 17.7. The number of ether oxygens (including phenoxy) is 1. The van der Waals surface area contributed by atoms with Crippen molar-refractivity contribution >= 4 is 11.0 Å². The average Bonchev–Trinajstić information content (AvgIpc) is 3.38. The Labute approximate surface area is 180 Å². The van der Waals surface area contributed by atoms with E-state index >= 15 is 0 Å². The molecule has 7 heteroatoms. The Hall–Kier alpha value is -3.45. The van der Waals surface area contributed by atoms with Crippen molar-refractivity contribution in [3.8, 4) is 11.4 Å². The number of nitrogens with zero attached hydrogens (tertiary/aromatic N) is 4. The van der Waals surface area contributed by atoms with Crippen molar-refractivity contribution in [1.29, 1.82) is 0 Å². The molecule has 0 spiro atoms. The van der Waals surface area contributed by atoms with Gasteiger partial charge in [-0.3, -0.25) is 9.69 Å². The van der Waals surface area contributed by atoms with E-state index < -0.39 is 0 Å². The fourth-order valence-corrected chi connectivity index (χ4v) is 4.49. The van der Waals surface area contributed by atoms with Crippen LogP contribution in [-0.4, -0.2) is 44.8 Å². The summed E-state index contributed by atoms with van der Waals surface area (Å²) in [6, 6.07) is 18.1. The normalized spacial score (nSPS) is 19.2. The number of methoxy groups -OCH3 is 1. The quantitative estimate of drug-likeness (QED) is 0.541. The third kappa shape index (κ3) is 3.61. The summed E-state index contributed by atoms with van der Waals surface area (Å²) in [7, 11) is 1.62. The predicted octanol–water partition coefficient (Wildman–Crippen LogP) is 3.35. The monoisotopic (exact) mass is 415 g/mol. The van der Waals surface area contributed by atoms with Gasteiger partial charge in [0, 0.05) is 25.6 Å². The van der Waals surface area contributed by atoms with Crippen LogP contribution in [-0.2, 0) is 6.54 Å². The molecule has 3 heterocycles. The summed E-state index contributed by atoms with van der Waals surface area (Å²) < 4.78 is 7.17. The van der Waals surface area contributed by atoms with Gasteiger partial charge in [-0.1, -0.05) is 49.4 Å². The van der Waals surface area contributed by atoms with Crippen molar-refractivity contribution in [2.24, 2.45) is 5.92 Å². The number of nitrogens with one attached hydrogen (secondary N) is 1. The molecule has 158 valence electrons. The van der Waals surface area contributed by atoms with Gasteiger partial charge in [-0.2, -0.15) is 5.10 Å². The van der Waals surface area contributed by atoms with Crippen LogP contribution in [0.15, 0.2) is 65.6 Å². The Morgan fingerprint density at radius 2 is 1.87 bits per heavy atom. The first-order valence-corrected chi connectivity index (χ1v) is 10.5. The Morgan fingerprint density at radius 3 is 2.68 bits per heavy atom. The van der Waals surface area contributed by atoms with Gasteiger partial charge >= 0.3 is 0 Å². The molecular formula is C24H25N5O2. The molecule has 2 aromatic heterocycles. The SMILES string of the molecule is COc1ccccc1-n1ncc2c(=O)[nH]c([C@@H]3CN(Cc4ccccc4)C[C@H]3C)nc21. The van der Waals surface area contributed by atoms with Crippen LogP contribution < -0.4 is 10.3 Å². The summed E-state index contributed by atoms with van der Waals surface area (Å²) in [5, 5.41) is 4.91. The van der Waals surface area contributed by atoms with Crippen LogP contribution in [0.25, 0.3) is 16.7 Å². The molecule has 0 unspecified atom stereocenters. The van der Waals surface area contributed by atoms with Crippen LogP contribution >= 0.6 is 0 Å². The highest BCUT2D eigenvalue weighted by atomic mass is 16.5. The number of aromatic nitrogens is 4. The third-order valence-electron chi connectivity index (χ3n) is 6.06. The van der Waals surface area contributed by atoms with Gasteiger partial charge in [0.25, 0.3) is 5.56 Å². The Kier molecular flexibility index (Phi) is 5.03. The molecule has 1 saturated heterocycles. The van der Waals surface area contributed by atoms with E-state index in [4.69, 9.17) is 9.72 Å². The van der Waals surface area contributed by atoms with Crippen molar-refractivity contribution in [3.05, 3.63) is 82.5 Å². The van der Waals surface area contributed by atoms with E-state index in [1.165, 1.54) is 5.56 Å². The van der Waals surface area contributed by atoms with Gasteiger partial charge in [-0.25, -0.2) is 9.67 Å². The van der Waals surface area contributed by atoms with Crippen LogP contribution in [0.1, 0.15) is 24.2 Å².